The Balaban J connectivity index is 1.43. The number of benzene rings is 1. The van der Waals surface area contributed by atoms with Crippen LogP contribution in [0.5, 0.6) is 0 Å². The SMILES string of the molecule is Cc1noc2nc(-c3cccs3)cc(C(=O)OCC(=O)C(C#N)=C3N(C)c4ccccc4N3C)c12. The number of Topliss-reactive ketones (excluding diaryl/α,β-unsaturated/α-hetero) is 1. The molecule has 1 aliphatic heterocycles. The average Bonchev–Trinajstić information content (AvgIpc) is 3.59. The molecule has 35 heavy (non-hydrogen) atoms. The van der Waals surface area contributed by atoms with Crippen molar-refractivity contribution in [3.8, 4) is 16.6 Å². The summed E-state index contributed by atoms with van der Waals surface area (Å²) in [6, 6.07) is 14.9. The highest BCUT2D eigenvalue weighted by Gasteiger charge is 2.32. The number of para-hydroxylation sites is 2. The van der Waals surface area contributed by atoms with Gasteiger partial charge in [0, 0.05) is 14.1 Å². The third-order valence-corrected chi connectivity index (χ3v) is 6.69. The Kier molecular flexibility index (Phi) is 5.55. The molecule has 1 aliphatic rings. The number of ether oxygens (including phenoxy) is 1. The molecule has 0 aliphatic carbocycles. The van der Waals surface area contributed by atoms with Gasteiger partial charge < -0.3 is 19.1 Å². The summed E-state index contributed by atoms with van der Waals surface area (Å²) in [5.41, 5.74) is 3.05. The van der Waals surface area contributed by atoms with Crippen LogP contribution in [0.4, 0.5) is 11.4 Å². The third-order valence-electron chi connectivity index (χ3n) is 5.80. The summed E-state index contributed by atoms with van der Waals surface area (Å²) in [6.45, 7) is 1.10. The quantitative estimate of drug-likeness (QED) is 0.232. The van der Waals surface area contributed by atoms with E-state index in [1.165, 1.54) is 11.3 Å². The topological polar surface area (TPSA) is 113 Å². The normalized spacial score (nSPS) is 12.6. The predicted molar refractivity (Wildman–Crippen MR) is 131 cm³/mol. The summed E-state index contributed by atoms with van der Waals surface area (Å²) in [5.74, 6) is -0.905. The Morgan fingerprint density at radius 1 is 1.14 bits per heavy atom. The van der Waals surface area contributed by atoms with Gasteiger partial charge >= 0.3 is 5.97 Å². The first kappa shape index (κ1) is 22.3. The molecule has 10 heteroatoms. The number of hydrogen-bond acceptors (Lipinski definition) is 10. The van der Waals surface area contributed by atoms with Crippen LogP contribution in [0, 0.1) is 18.3 Å². The number of anilines is 2. The average molecular weight is 486 g/mol. The van der Waals surface area contributed by atoms with Gasteiger partial charge in [-0.2, -0.15) is 5.26 Å². The maximum absolute atomic E-state index is 13.1. The monoisotopic (exact) mass is 485 g/mol. The maximum Gasteiger partial charge on any atom is 0.339 e. The summed E-state index contributed by atoms with van der Waals surface area (Å²) in [7, 11) is 3.56. The number of aryl methyl sites for hydroxylation is 1. The summed E-state index contributed by atoms with van der Waals surface area (Å²) in [5, 5.41) is 16.0. The molecule has 0 unspecified atom stereocenters. The lowest BCUT2D eigenvalue weighted by molar-refractivity contribution is -0.118. The van der Waals surface area contributed by atoms with E-state index < -0.39 is 18.4 Å². The molecule has 4 heterocycles. The maximum atomic E-state index is 13.1. The molecule has 4 aromatic rings. The van der Waals surface area contributed by atoms with Crippen LogP contribution in [-0.2, 0) is 9.53 Å². The number of carbonyl (C=O) groups is 2. The van der Waals surface area contributed by atoms with E-state index in [1.807, 2.05) is 47.8 Å². The minimum absolute atomic E-state index is 0.0979. The Hall–Kier alpha value is -4.49. The van der Waals surface area contributed by atoms with Gasteiger partial charge in [-0.25, -0.2) is 9.78 Å². The number of hydrogen-bond donors (Lipinski definition) is 0. The molecule has 5 rings (SSSR count). The van der Waals surface area contributed by atoms with Gasteiger partial charge in [-0.1, -0.05) is 23.4 Å². The highest BCUT2D eigenvalue weighted by molar-refractivity contribution is 7.13. The van der Waals surface area contributed by atoms with Gasteiger partial charge in [-0.3, -0.25) is 4.79 Å². The Morgan fingerprint density at radius 3 is 2.49 bits per heavy atom. The van der Waals surface area contributed by atoms with Crippen molar-refractivity contribution in [2.24, 2.45) is 0 Å². The lowest BCUT2D eigenvalue weighted by Crippen LogP contribution is -2.27. The number of rotatable bonds is 5. The van der Waals surface area contributed by atoms with Crippen molar-refractivity contribution in [1.82, 2.24) is 10.1 Å². The number of ketones is 1. The molecule has 0 bridgehead atoms. The lowest BCUT2D eigenvalue weighted by Gasteiger charge is -2.19. The van der Waals surface area contributed by atoms with Crippen molar-refractivity contribution >= 4 is 45.6 Å². The first-order valence-corrected chi connectivity index (χ1v) is 11.5. The molecule has 0 atom stereocenters. The van der Waals surface area contributed by atoms with Gasteiger partial charge in [0.1, 0.15) is 17.5 Å². The second-order valence-corrected chi connectivity index (χ2v) is 8.84. The number of aromatic nitrogens is 2. The van der Waals surface area contributed by atoms with Crippen LogP contribution in [0.2, 0.25) is 0 Å². The number of esters is 1. The molecular formula is C25H19N5O4S. The van der Waals surface area contributed by atoms with Gasteiger partial charge in [-0.05, 0) is 36.6 Å². The molecule has 0 N–H and O–H groups in total. The Bertz CT molecular complexity index is 1520. The summed E-state index contributed by atoms with van der Waals surface area (Å²) in [4.78, 5) is 34.9. The van der Waals surface area contributed by atoms with Crippen molar-refractivity contribution in [2.45, 2.75) is 6.92 Å². The predicted octanol–water partition coefficient (Wildman–Crippen LogP) is 4.31. The molecular weight excluding hydrogens is 466 g/mol. The summed E-state index contributed by atoms with van der Waals surface area (Å²) < 4.78 is 10.7. The number of carbonyl (C=O) groups excluding carboxylic acids is 2. The standard InChI is InChI=1S/C25H19N5O4S/c1-14-22-15(11-17(21-9-6-10-35-21)27-23(22)34-28-14)25(32)33-13-20(31)16(12-26)24-29(2)18-7-4-5-8-19(18)30(24)3/h4-11H,13H2,1-3H3. The molecule has 3 aromatic heterocycles. The van der Waals surface area contributed by atoms with E-state index in [4.69, 9.17) is 9.26 Å². The van der Waals surface area contributed by atoms with Gasteiger partial charge in [0.2, 0.25) is 5.78 Å². The van der Waals surface area contributed by atoms with Crippen molar-refractivity contribution in [3.63, 3.8) is 0 Å². The van der Waals surface area contributed by atoms with E-state index in [-0.39, 0.29) is 16.9 Å². The van der Waals surface area contributed by atoms with Gasteiger partial charge in [0.25, 0.3) is 5.71 Å². The highest BCUT2D eigenvalue weighted by Crippen LogP contribution is 2.40. The Morgan fingerprint density at radius 2 is 1.86 bits per heavy atom. The fourth-order valence-corrected chi connectivity index (χ4v) is 4.83. The van der Waals surface area contributed by atoms with Crippen LogP contribution in [0.3, 0.4) is 0 Å². The first-order chi connectivity index (χ1) is 16.9. The zero-order valence-electron chi connectivity index (χ0n) is 19.1. The van der Waals surface area contributed by atoms with E-state index in [0.717, 1.165) is 16.3 Å². The lowest BCUT2D eigenvalue weighted by atomic mass is 10.1. The number of fused-ring (bicyclic) bond motifs is 2. The summed E-state index contributed by atoms with van der Waals surface area (Å²) >= 11 is 1.46. The van der Waals surface area contributed by atoms with E-state index in [9.17, 15) is 14.9 Å². The zero-order valence-corrected chi connectivity index (χ0v) is 19.9. The van der Waals surface area contributed by atoms with Crippen LogP contribution in [-0.4, -0.2) is 42.6 Å². The minimum atomic E-state index is -0.728. The second-order valence-electron chi connectivity index (χ2n) is 7.90. The largest absolute Gasteiger partial charge is 0.454 e. The second kappa shape index (κ2) is 8.70. The zero-order chi connectivity index (χ0) is 24.7. The fraction of sp³-hybridized carbons (Fsp3) is 0.160. The van der Waals surface area contributed by atoms with Crippen molar-refractivity contribution in [3.05, 3.63) is 70.5 Å². The van der Waals surface area contributed by atoms with E-state index >= 15 is 0 Å². The van der Waals surface area contributed by atoms with Crippen LogP contribution in [0.1, 0.15) is 16.1 Å². The van der Waals surface area contributed by atoms with Crippen molar-refractivity contribution in [1.29, 1.82) is 5.26 Å². The van der Waals surface area contributed by atoms with Crippen molar-refractivity contribution in [2.75, 3.05) is 30.5 Å². The third kappa shape index (κ3) is 3.72. The van der Waals surface area contributed by atoms with E-state index in [1.54, 1.807) is 36.9 Å². The minimum Gasteiger partial charge on any atom is -0.454 e. The number of thiophene rings is 1. The molecule has 0 fully saturated rings. The fourth-order valence-electron chi connectivity index (χ4n) is 4.14. The summed E-state index contributed by atoms with van der Waals surface area (Å²) in [6.07, 6.45) is 0. The van der Waals surface area contributed by atoms with Crippen LogP contribution < -0.4 is 9.80 Å². The molecule has 1 aromatic carbocycles. The molecule has 0 amide bonds. The van der Waals surface area contributed by atoms with Crippen LogP contribution >= 0.6 is 11.3 Å². The van der Waals surface area contributed by atoms with Crippen LogP contribution in [0.25, 0.3) is 21.7 Å². The molecule has 174 valence electrons. The van der Waals surface area contributed by atoms with E-state index in [0.29, 0.717) is 22.6 Å². The number of nitrogens with zero attached hydrogens (tertiary/aromatic N) is 5. The molecule has 0 saturated heterocycles. The molecule has 0 spiro atoms. The van der Waals surface area contributed by atoms with Crippen LogP contribution in [0.15, 0.2) is 63.8 Å². The molecule has 0 radical (unpaired) electrons. The van der Waals surface area contributed by atoms with E-state index in [2.05, 4.69) is 10.1 Å². The molecule has 0 saturated carbocycles. The first-order valence-electron chi connectivity index (χ1n) is 10.6. The smallest absolute Gasteiger partial charge is 0.339 e. The van der Waals surface area contributed by atoms with Gasteiger partial charge in [-0.15, -0.1) is 11.3 Å². The van der Waals surface area contributed by atoms with Gasteiger partial charge in [0.15, 0.2) is 6.61 Å². The highest BCUT2D eigenvalue weighted by atomic mass is 32.1. The number of pyridine rings is 1. The van der Waals surface area contributed by atoms with Crippen molar-refractivity contribution < 1.29 is 18.8 Å². The Labute approximate surface area is 204 Å². The number of nitriles is 1. The molecule has 9 nitrogen and oxygen atoms in total. The van der Waals surface area contributed by atoms with Gasteiger partial charge in [0.05, 0.1) is 38.6 Å².